The highest BCUT2D eigenvalue weighted by Crippen LogP contribution is 2.29. The Morgan fingerprint density at radius 3 is 2.79 bits per heavy atom. The van der Waals surface area contributed by atoms with Gasteiger partial charge in [-0.2, -0.15) is 0 Å². The van der Waals surface area contributed by atoms with Gasteiger partial charge >= 0.3 is 5.97 Å². The Kier molecular flexibility index (Phi) is 3.69. The summed E-state index contributed by atoms with van der Waals surface area (Å²) >= 11 is 0. The number of carboxylic acid groups (broad SMARTS) is 1. The van der Waals surface area contributed by atoms with Crippen LogP contribution in [0.4, 0.5) is 11.4 Å². The third kappa shape index (κ3) is 2.67. The molecule has 102 valence electrons. The number of hydrogen-bond donors (Lipinski definition) is 1. The molecule has 0 spiro atoms. The Hall–Kier alpha value is -2.11. The lowest BCUT2D eigenvalue weighted by Crippen LogP contribution is -2.37. The first-order valence-electron chi connectivity index (χ1n) is 6.29. The van der Waals surface area contributed by atoms with Crippen molar-refractivity contribution in [1.29, 1.82) is 0 Å². The number of rotatable bonds is 3. The first-order valence-corrected chi connectivity index (χ1v) is 6.29. The first-order chi connectivity index (χ1) is 9.00. The van der Waals surface area contributed by atoms with Crippen molar-refractivity contribution in [1.82, 2.24) is 0 Å². The molecule has 1 heterocycles. The maximum Gasteiger partial charge on any atom is 0.342 e. The van der Waals surface area contributed by atoms with Crippen molar-refractivity contribution in [2.24, 2.45) is 0 Å². The van der Waals surface area contributed by atoms with E-state index in [1.165, 1.54) is 12.1 Å². The summed E-state index contributed by atoms with van der Waals surface area (Å²) < 4.78 is 0. The fourth-order valence-corrected chi connectivity index (χ4v) is 2.51. The Balaban J connectivity index is 2.40. The number of nitro benzene ring substituents is 1. The number of nitro groups is 1. The number of anilines is 1. The van der Waals surface area contributed by atoms with Crippen LogP contribution in [0.5, 0.6) is 0 Å². The maximum absolute atomic E-state index is 11.1. The van der Waals surface area contributed by atoms with Gasteiger partial charge in [0.15, 0.2) is 0 Å². The smallest absolute Gasteiger partial charge is 0.342 e. The second kappa shape index (κ2) is 5.26. The first kappa shape index (κ1) is 13.3. The average molecular weight is 264 g/mol. The van der Waals surface area contributed by atoms with Crippen molar-refractivity contribution in [2.45, 2.75) is 32.2 Å². The molecule has 1 aromatic carbocycles. The van der Waals surface area contributed by atoms with Gasteiger partial charge in [0.05, 0.1) is 4.92 Å². The molecule has 1 saturated heterocycles. The molecule has 6 nitrogen and oxygen atoms in total. The molecule has 2 rings (SSSR count). The van der Waals surface area contributed by atoms with Gasteiger partial charge in [0, 0.05) is 24.3 Å². The van der Waals surface area contributed by atoms with Crippen molar-refractivity contribution in [3.05, 3.63) is 33.9 Å². The van der Waals surface area contributed by atoms with E-state index in [0.717, 1.165) is 31.5 Å². The van der Waals surface area contributed by atoms with Gasteiger partial charge in [-0.15, -0.1) is 0 Å². The molecule has 0 radical (unpaired) electrons. The summed E-state index contributed by atoms with van der Waals surface area (Å²) in [4.78, 5) is 23.4. The van der Waals surface area contributed by atoms with E-state index in [1.54, 1.807) is 6.07 Å². The molecule has 0 aliphatic carbocycles. The summed E-state index contributed by atoms with van der Waals surface area (Å²) in [6.45, 7) is 2.94. The molecule has 0 unspecified atom stereocenters. The number of benzene rings is 1. The Bertz CT molecular complexity index is 515. The zero-order valence-corrected chi connectivity index (χ0v) is 10.7. The molecule has 1 N–H and O–H groups in total. The van der Waals surface area contributed by atoms with Gasteiger partial charge in [0.2, 0.25) is 0 Å². The van der Waals surface area contributed by atoms with E-state index in [2.05, 4.69) is 11.8 Å². The predicted molar refractivity (Wildman–Crippen MR) is 70.7 cm³/mol. The highest BCUT2D eigenvalue weighted by Gasteiger charge is 2.24. The summed E-state index contributed by atoms with van der Waals surface area (Å²) in [5.74, 6) is -1.27. The second-order valence-corrected chi connectivity index (χ2v) is 4.80. The summed E-state index contributed by atoms with van der Waals surface area (Å²) in [5, 5.41) is 19.9. The quantitative estimate of drug-likeness (QED) is 0.670. The molecule has 0 amide bonds. The van der Waals surface area contributed by atoms with Crippen LogP contribution in [0.15, 0.2) is 18.2 Å². The van der Waals surface area contributed by atoms with E-state index in [4.69, 9.17) is 5.11 Å². The number of nitrogens with zero attached hydrogens (tertiary/aromatic N) is 2. The lowest BCUT2D eigenvalue weighted by molar-refractivity contribution is -0.385. The molecule has 6 heteroatoms. The highest BCUT2D eigenvalue weighted by molar-refractivity contribution is 5.93. The van der Waals surface area contributed by atoms with Gasteiger partial charge in [-0.1, -0.05) is 0 Å². The van der Waals surface area contributed by atoms with E-state index in [9.17, 15) is 14.9 Å². The number of hydrogen-bond acceptors (Lipinski definition) is 4. The minimum absolute atomic E-state index is 0.250. The minimum atomic E-state index is -1.27. The van der Waals surface area contributed by atoms with Gasteiger partial charge in [0.25, 0.3) is 5.69 Å². The Labute approximate surface area is 110 Å². The fraction of sp³-hybridized carbons (Fsp3) is 0.462. The lowest BCUT2D eigenvalue weighted by Gasteiger charge is -2.35. The molecule has 1 fully saturated rings. The van der Waals surface area contributed by atoms with Gasteiger partial charge < -0.3 is 10.0 Å². The topological polar surface area (TPSA) is 83.7 Å². The molecule has 1 aliphatic rings. The Morgan fingerprint density at radius 1 is 1.47 bits per heavy atom. The molecular formula is C13H16N2O4. The zero-order chi connectivity index (χ0) is 14.0. The lowest BCUT2D eigenvalue weighted by atomic mass is 10.0. The van der Waals surface area contributed by atoms with Crippen molar-refractivity contribution in [3.8, 4) is 0 Å². The van der Waals surface area contributed by atoms with Crippen LogP contribution in [0, 0.1) is 10.1 Å². The van der Waals surface area contributed by atoms with Crippen molar-refractivity contribution in [3.63, 3.8) is 0 Å². The summed E-state index contributed by atoms with van der Waals surface area (Å²) in [7, 11) is 0. The van der Waals surface area contributed by atoms with Gasteiger partial charge in [-0.25, -0.2) is 4.79 Å². The van der Waals surface area contributed by atoms with E-state index < -0.39 is 10.9 Å². The molecule has 19 heavy (non-hydrogen) atoms. The number of carbonyl (C=O) groups is 1. The monoisotopic (exact) mass is 264 g/mol. The predicted octanol–water partition coefficient (Wildman–Crippen LogP) is 2.67. The normalized spacial score (nSPS) is 19.2. The largest absolute Gasteiger partial charge is 0.477 e. The van der Waals surface area contributed by atoms with Crippen LogP contribution in [-0.2, 0) is 0 Å². The number of aromatic carboxylic acids is 1. The van der Waals surface area contributed by atoms with Crippen LogP contribution in [0.3, 0.4) is 0 Å². The molecule has 1 aromatic rings. The van der Waals surface area contributed by atoms with E-state index in [0.29, 0.717) is 6.04 Å². The van der Waals surface area contributed by atoms with E-state index in [-0.39, 0.29) is 11.3 Å². The molecular weight excluding hydrogens is 248 g/mol. The third-order valence-corrected chi connectivity index (χ3v) is 3.54. The molecule has 1 atom stereocenters. The van der Waals surface area contributed by atoms with Crippen LogP contribution in [0.2, 0.25) is 0 Å². The van der Waals surface area contributed by atoms with Gasteiger partial charge in [-0.05, 0) is 38.3 Å². The number of carboxylic acids is 1. The summed E-state index contributed by atoms with van der Waals surface area (Å²) in [6.07, 6.45) is 3.28. The zero-order valence-electron chi connectivity index (χ0n) is 10.7. The van der Waals surface area contributed by atoms with Crippen LogP contribution >= 0.6 is 0 Å². The van der Waals surface area contributed by atoms with Crippen LogP contribution in [-0.4, -0.2) is 28.6 Å². The number of piperidine rings is 1. The highest BCUT2D eigenvalue weighted by atomic mass is 16.6. The van der Waals surface area contributed by atoms with Crippen molar-refractivity contribution in [2.75, 3.05) is 11.4 Å². The standard InChI is InChI=1S/C13H16N2O4/c1-9-4-2-3-7-14(9)10-5-6-12(15(18)19)11(8-10)13(16)17/h5-6,8-9H,2-4,7H2,1H3,(H,16,17)/t9-/m0/s1. The third-order valence-electron chi connectivity index (χ3n) is 3.54. The minimum Gasteiger partial charge on any atom is -0.477 e. The molecule has 0 saturated carbocycles. The van der Waals surface area contributed by atoms with Crippen LogP contribution in [0.1, 0.15) is 36.5 Å². The van der Waals surface area contributed by atoms with Crippen molar-refractivity contribution >= 4 is 17.3 Å². The fourth-order valence-electron chi connectivity index (χ4n) is 2.51. The van der Waals surface area contributed by atoms with E-state index >= 15 is 0 Å². The molecule has 1 aliphatic heterocycles. The SMILES string of the molecule is C[C@H]1CCCCN1c1ccc([N+](=O)[O-])c(C(=O)O)c1. The summed E-state index contributed by atoms with van der Waals surface area (Å²) in [6, 6.07) is 4.64. The van der Waals surface area contributed by atoms with E-state index in [1.807, 2.05) is 0 Å². The molecule has 0 bridgehead atoms. The molecule has 0 aromatic heterocycles. The average Bonchev–Trinajstić information content (AvgIpc) is 2.38. The van der Waals surface area contributed by atoms with Crippen LogP contribution in [0.25, 0.3) is 0 Å². The van der Waals surface area contributed by atoms with Crippen molar-refractivity contribution < 1.29 is 14.8 Å². The van der Waals surface area contributed by atoms with Gasteiger partial charge in [-0.3, -0.25) is 10.1 Å². The second-order valence-electron chi connectivity index (χ2n) is 4.80. The Morgan fingerprint density at radius 2 is 2.21 bits per heavy atom. The summed E-state index contributed by atoms with van der Waals surface area (Å²) in [5.41, 5.74) is 0.136. The van der Waals surface area contributed by atoms with Crippen LogP contribution < -0.4 is 4.90 Å². The maximum atomic E-state index is 11.1. The van der Waals surface area contributed by atoms with Gasteiger partial charge in [0.1, 0.15) is 5.56 Å².